The smallest absolute Gasteiger partial charge is 0.204 e. The summed E-state index contributed by atoms with van der Waals surface area (Å²) >= 11 is 0. The average Bonchev–Trinajstić information content (AvgIpc) is 2.20. The Morgan fingerprint density at radius 3 is 2.64 bits per heavy atom. The molecule has 78 valence electrons. The minimum atomic E-state index is -1.05. The van der Waals surface area contributed by atoms with Crippen molar-refractivity contribution >= 4 is 0 Å². The van der Waals surface area contributed by atoms with Crippen molar-refractivity contribution in [2.45, 2.75) is 0 Å². The summed E-state index contributed by atoms with van der Waals surface area (Å²) in [5, 5.41) is 0. The van der Waals surface area contributed by atoms with Gasteiger partial charge in [0.25, 0.3) is 0 Å². The molecule has 5 heteroatoms. The largest absolute Gasteiger partial charge is 0.490 e. The van der Waals surface area contributed by atoms with Crippen molar-refractivity contribution in [3.8, 4) is 11.5 Å². The summed E-state index contributed by atoms with van der Waals surface area (Å²) < 4.78 is 35.5. The minimum absolute atomic E-state index is 0.150. The Morgan fingerprint density at radius 1 is 1.36 bits per heavy atom. The van der Waals surface area contributed by atoms with Gasteiger partial charge >= 0.3 is 0 Å². The molecule has 2 N–H and O–H groups in total. The second-order valence-corrected chi connectivity index (χ2v) is 2.53. The first-order valence-corrected chi connectivity index (χ1v) is 4.05. The lowest BCUT2D eigenvalue weighted by molar-refractivity contribution is 0.290. The van der Waals surface area contributed by atoms with Crippen LogP contribution in [0, 0.1) is 11.6 Å². The van der Waals surface area contributed by atoms with Gasteiger partial charge in [-0.25, -0.2) is 4.39 Å². The Hall–Kier alpha value is -1.36. The number of halogens is 2. The van der Waals surface area contributed by atoms with Crippen molar-refractivity contribution in [1.29, 1.82) is 0 Å². The van der Waals surface area contributed by atoms with Gasteiger partial charge in [-0.2, -0.15) is 4.39 Å². The molecule has 0 saturated heterocycles. The van der Waals surface area contributed by atoms with E-state index in [1.165, 1.54) is 13.2 Å². The Bertz CT molecular complexity index is 318. The van der Waals surface area contributed by atoms with Crippen LogP contribution in [0.1, 0.15) is 0 Å². The van der Waals surface area contributed by atoms with Crippen molar-refractivity contribution in [3.63, 3.8) is 0 Å². The molecule has 0 bridgehead atoms. The molecule has 0 aliphatic heterocycles. The highest BCUT2D eigenvalue weighted by Gasteiger charge is 2.14. The van der Waals surface area contributed by atoms with Gasteiger partial charge in [0.1, 0.15) is 6.61 Å². The van der Waals surface area contributed by atoms with E-state index < -0.39 is 11.6 Å². The maximum absolute atomic E-state index is 13.1. The number of hydrogen-bond acceptors (Lipinski definition) is 3. The number of rotatable bonds is 4. The van der Waals surface area contributed by atoms with E-state index in [0.29, 0.717) is 6.54 Å². The van der Waals surface area contributed by atoms with Gasteiger partial charge in [0.15, 0.2) is 17.3 Å². The van der Waals surface area contributed by atoms with Crippen molar-refractivity contribution in [3.05, 3.63) is 23.8 Å². The Labute approximate surface area is 80.4 Å². The molecule has 1 aromatic carbocycles. The van der Waals surface area contributed by atoms with E-state index in [4.69, 9.17) is 10.5 Å². The van der Waals surface area contributed by atoms with Crippen molar-refractivity contribution in [2.75, 3.05) is 20.3 Å². The standard InChI is InChI=1S/C9H11F2NO2/c1-13-9-7(14-5-4-12)3-2-6(10)8(9)11/h2-3H,4-5,12H2,1H3. The first-order valence-electron chi connectivity index (χ1n) is 4.05. The van der Waals surface area contributed by atoms with Gasteiger partial charge in [-0.15, -0.1) is 0 Å². The summed E-state index contributed by atoms with van der Waals surface area (Å²) in [6.07, 6.45) is 0. The Balaban J connectivity index is 2.98. The predicted octanol–water partition coefficient (Wildman–Crippen LogP) is 1.31. The second-order valence-electron chi connectivity index (χ2n) is 2.53. The third kappa shape index (κ3) is 2.11. The van der Waals surface area contributed by atoms with E-state index in [-0.39, 0.29) is 18.1 Å². The van der Waals surface area contributed by atoms with Gasteiger partial charge < -0.3 is 15.2 Å². The van der Waals surface area contributed by atoms with E-state index in [9.17, 15) is 8.78 Å². The van der Waals surface area contributed by atoms with Crippen LogP contribution < -0.4 is 15.2 Å². The monoisotopic (exact) mass is 203 g/mol. The molecular formula is C9H11F2NO2. The van der Waals surface area contributed by atoms with Crippen LogP contribution in [0.2, 0.25) is 0 Å². The fraction of sp³-hybridized carbons (Fsp3) is 0.333. The number of benzene rings is 1. The van der Waals surface area contributed by atoms with E-state index in [0.717, 1.165) is 6.07 Å². The van der Waals surface area contributed by atoms with E-state index >= 15 is 0 Å². The normalized spacial score (nSPS) is 10.0. The van der Waals surface area contributed by atoms with Crippen LogP contribution in [-0.4, -0.2) is 20.3 Å². The second kappa shape index (κ2) is 4.76. The lowest BCUT2D eigenvalue weighted by Crippen LogP contribution is -2.11. The summed E-state index contributed by atoms with van der Waals surface area (Å²) in [5.74, 6) is -2.11. The summed E-state index contributed by atoms with van der Waals surface area (Å²) in [7, 11) is 1.24. The van der Waals surface area contributed by atoms with Crippen molar-refractivity contribution < 1.29 is 18.3 Å². The quantitative estimate of drug-likeness (QED) is 0.802. The summed E-state index contributed by atoms with van der Waals surface area (Å²) in [5.41, 5.74) is 5.20. The SMILES string of the molecule is COc1c(OCCN)ccc(F)c1F. The van der Waals surface area contributed by atoms with Gasteiger partial charge in [0, 0.05) is 6.54 Å². The molecule has 0 amide bonds. The van der Waals surface area contributed by atoms with Crippen LogP contribution in [0.3, 0.4) is 0 Å². The van der Waals surface area contributed by atoms with Gasteiger partial charge in [-0.05, 0) is 12.1 Å². The summed E-state index contributed by atoms with van der Waals surface area (Å²) in [6, 6.07) is 2.27. The van der Waals surface area contributed by atoms with Gasteiger partial charge in [-0.1, -0.05) is 0 Å². The van der Waals surface area contributed by atoms with E-state index in [1.807, 2.05) is 0 Å². The molecule has 1 aromatic rings. The number of ether oxygens (including phenoxy) is 2. The van der Waals surface area contributed by atoms with Crippen LogP contribution in [-0.2, 0) is 0 Å². The highest BCUT2D eigenvalue weighted by Crippen LogP contribution is 2.31. The van der Waals surface area contributed by atoms with Crippen LogP contribution in [0.25, 0.3) is 0 Å². The zero-order chi connectivity index (χ0) is 10.6. The predicted molar refractivity (Wildman–Crippen MR) is 47.5 cm³/mol. The maximum atomic E-state index is 13.1. The number of methoxy groups -OCH3 is 1. The van der Waals surface area contributed by atoms with E-state index in [1.54, 1.807) is 0 Å². The molecule has 0 heterocycles. The molecule has 3 nitrogen and oxygen atoms in total. The van der Waals surface area contributed by atoms with Crippen molar-refractivity contribution in [2.24, 2.45) is 5.73 Å². The molecule has 0 aliphatic carbocycles. The Kier molecular flexibility index (Phi) is 3.64. The average molecular weight is 203 g/mol. The highest BCUT2D eigenvalue weighted by atomic mass is 19.2. The summed E-state index contributed by atoms with van der Waals surface area (Å²) in [6.45, 7) is 0.517. The lowest BCUT2D eigenvalue weighted by atomic mass is 10.3. The van der Waals surface area contributed by atoms with Gasteiger partial charge in [0.05, 0.1) is 7.11 Å². The fourth-order valence-electron chi connectivity index (χ4n) is 0.987. The summed E-state index contributed by atoms with van der Waals surface area (Å²) in [4.78, 5) is 0. The Morgan fingerprint density at radius 2 is 2.07 bits per heavy atom. The fourth-order valence-corrected chi connectivity index (χ4v) is 0.987. The molecule has 0 atom stereocenters. The van der Waals surface area contributed by atoms with Crippen LogP contribution in [0.15, 0.2) is 12.1 Å². The molecule has 0 spiro atoms. The highest BCUT2D eigenvalue weighted by molar-refractivity contribution is 5.41. The number of hydrogen-bond donors (Lipinski definition) is 1. The zero-order valence-electron chi connectivity index (χ0n) is 7.72. The third-order valence-electron chi connectivity index (χ3n) is 1.59. The maximum Gasteiger partial charge on any atom is 0.204 e. The number of nitrogens with two attached hydrogens (primary N) is 1. The molecule has 0 radical (unpaired) electrons. The molecular weight excluding hydrogens is 192 g/mol. The molecule has 14 heavy (non-hydrogen) atoms. The molecule has 0 aromatic heterocycles. The van der Waals surface area contributed by atoms with Gasteiger partial charge in [0.2, 0.25) is 5.82 Å². The van der Waals surface area contributed by atoms with Crippen LogP contribution in [0.4, 0.5) is 8.78 Å². The van der Waals surface area contributed by atoms with Crippen molar-refractivity contribution in [1.82, 2.24) is 0 Å². The lowest BCUT2D eigenvalue weighted by Gasteiger charge is -2.10. The molecule has 0 aliphatic rings. The van der Waals surface area contributed by atoms with Crippen LogP contribution in [0.5, 0.6) is 11.5 Å². The van der Waals surface area contributed by atoms with Crippen LogP contribution >= 0.6 is 0 Å². The molecule has 0 saturated carbocycles. The minimum Gasteiger partial charge on any atom is -0.490 e. The zero-order valence-corrected chi connectivity index (χ0v) is 7.72. The third-order valence-corrected chi connectivity index (χ3v) is 1.59. The topological polar surface area (TPSA) is 44.5 Å². The molecule has 0 fully saturated rings. The molecule has 1 rings (SSSR count). The first-order chi connectivity index (χ1) is 6.70. The van der Waals surface area contributed by atoms with Gasteiger partial charge in [-0.3, -0.25) is 0 Å². The first kappa shape index (κ1) is 10.7. The van der Waals surface area contributed by atoms with E-state index in [2.05, 4.69) is 4.74 Å². The molecule has 0 unspecified atom stereocenters.